The number of anilines is 1. The number of hydrogen-bond donors (Lipinski definition) is 0. The minimum atomic E-state index is -3.67. The lowest BCUT2D eigenvalue weighted by molar-refractivity contribution is -0.384. The number of benzene rings is 2. The van der Waals surface area contributed by atoms with Crippen molar-refractivity contribution in [2.24, 2.45) is 0 Å². The summed E-state index contributed by atoms with van der Waals surface area (Å²) in [6.07, 6.45) is 1.37. The first-order valence-electron chi connectivity index (χ1n) is 9.24. The van der Waals surface area contributed by atoms with Gasteiger partial charge in [0, 0.05) is 47.0 Å². The Morgan fingerprint density at radius 2 is 1.79 bits per heavy atom. The highest BCUT2D eigenvalue weighted by Crippen LogP contribution is 2.33. The Labute approximate surface area is 177 Å². The molecule has 2 heterocycles. The van der Waals surface area contributed by atoms with Gasteiger partial charge in [0.1, 0.15) is 6.73 Å². The van der Waals surface area contributed by atoms with Crippen LogP contribution in [0.4, 0.5) is 11.4 Å². The number of nitrogens with zero attached hydrogens (tertiary/aromatic N) is 3. The molecule has 0 aromatic heterocycles. The van der Waals surface area contributed by atoms with E-state index in [0.717, 1.165) is 15.7 Å². The van der Waals surface area contributed by atoms with Crippen molar-refractivity contribution in [2.75, 3.05) is 24.7 Å². The molecule has 154 valence electrons. The lowest BCUT2D eigenvalue weighted by atomic mass is 10.0. The van der Waals surface area contributed by atoms with E-state index in [0.29, 0.717) is 39.3 Å². The van der Waals surface area contributed by atoms with Gasteiger partial charge in [-0.05, 0) is 43.2 Å². The maximum atomic E-state index is 12.9. The average molecular weight is 482 g/mol. The van der Waals surface area contributed by atoms with Crippen molar-refractivity contribution in [3.05, 3.63) is 62.6 Å². The number of nitro groups is 1. The molecule has 0 radical (unpaired) electrons. The Morgan fingerprint density at radius 1 is 1.10 bits per heavy atom. The van der Waals surface area contributed by atoms with Gasteiger partial charge in [-0.2, -0.15) is 4.31 Å². The van der Waals surface area contributed by atoms with E-state index in [1.54, 1.807) is 0 Å². The highest BCUT2D eigenvalue weighted by atomic mass is 79.9. The smallest absolute Gasteiger partial charge is 0.269 e. The fourth-order valence-electron chi connectivity index (χ4n) is 3.86. The summed E-state index contributed by atoms with van der Waals surface area (Å²) in [5, 5.41) is 10.8. The molecule has 29 heavy (non-hydrogen) atoms. The van der Waals surface area contributed by atoms with Gasteiger partial charge in [0.2, 0.25) is 10.0 Å². The molecule has 0 saturated carbocycles. The minimum absolute atomic E-state index is 0.0815. The van der Waals surface area contributed by atoms with Crippen LogP contribution in [0.2, 0.25) is 0 Å². The molecule has 0 aliphatic carbocycles. The molecule has 4 rings (SSSR count). The van der Waals surface area contributed by atoms with Crippen molar-refractivity contribution in [1.29, 1.82) is 0 Å². The van der Waals surface area contributed by atoms with Crippen LogP contribution in [0.15, 0.2) is 51.8 Å². The Morgan fingerprint density at radius 3 is 2.45 bits per heavy atom. The van der Waals surface area contributed by atoms with E-state index in [1.165, 1.54) is 28.6 Å². The molecule has 0 spiro atoms. The van der Waals surface area contributed by atoms with Crippen LogP contribution >= 0.6 is 15.9 Å². The number of fused-ring (bicyclic) bond motifs is 1. The minimum Gasteiger partial charge on any atom is -0.356 e. The molecular formula is C19H20BrN3O5S. The summed E-state index contributed by atoms with van der Waals surface area (Å²) in [5.74, 6) is 0. The molecule has 0 bridgehead atoms. The first-order valence-corrected chi connectivity index (χ1v) is 11.5. The van der Waals surface area contributed by atoms with Gasteiger partial charge in [-0.25, -0.2) is 8.42 Å². The largest absolute Gasteiger partial charge is 0.356 e. The number of hydrogen-bond acceptors (Lipinski definition) is 6. The van der Waals surface area contributed by atoms with Gasteiger partial charge >= 0.3 is 0 Å². The zero-order chi connectivity index (χ0) is 20.6. The first-order chi connectivity index (χ1) is 13.9. The van der Waals surface area contributed by atoms with E-state index in [9.17, 15) is 18.5 Å². The third-order valence-electron chi connectivity index (χ3n) is 5.39. The van der Waals surface area contributed by atoms with Gasteiger partial charge < -0.3 is 9.64 Å². The second-order valence-electron chi connectivity index (χ2n) is 7.11. The van der Waals surface area contributed by atoms with E-state index in [-0.39, 0.29) is 16.6 Å². The molecule has 10 heteroatoms. The van der Waals surface area contributed by atoms with Gasteiger partial charge in [0.05, 0.1) is 16.4 Å². The predicted octanol–water partition coefficient (Wildman–Crippen LogP) is 3.50. The fourth-order valence-corrected chi connectivity index (χ4v) is 5.74. The van der Waals surface area contributed by atoms with Crippen molar-refractivity contribution < 1.29 is 18.1 Å². The highest BCUT2D eigenvalue weighted by molar-refractivity contribution is 9.10. The van der Waals surface area contributed by atoms with E-state index < -0.39 is 14.9 Å². The van der Waals surface area contributed by atoms with E-state index in [1.807, 2.05) is 6.07 Å². The zero-order valence-electron chi connectivity index (χ0n) is 15.5. The topological polar surface area (TPSA) is 93.0 Å². The highest BCUT2D eigenvalue weighted by Gasteiger charge is 2.33. The van der Waals surface area contributed by atoms with Gasteiger partial charge in [-0.1, -0.05) is 15.9 Å². The summed E-state index contributed by atoms with van der Waals surface area (Å²) in [7, 11) is -3.67. The fraction of sp³-hybridized carbons (Fsp3) is 0.368. The molecule has 2 aromatic rings. The number of halogens is 1. The summed E-state index contributed by atoms with van der Waals surface area (Å²) >= 11 is 3.49. The Kier molecular flexibility index (Phi) is 5.60. The summed E-state index contributed by atoms with van der Waals surface area (Å²) in [4.78, 5) is 12.5. The first kappa shape index (κ1) is 20.3. The maximum Gasteiger partial charge on any atom is 0.269 e. The lowest BCUT2D eigenvalue weighted by Crippen LogP contribution is -2.48. The van der Waals surface area contributed by atoms with Crippen molar-refractivity contribution in [2.45, 2.75) is 30.4 Å². The summed E-state index contributed by atoms with van der Waals surface area (Å²) in [5.41, 5.74) is 2.13. The Bertz CT molecular complexity index is 1020. The van der Waals surface area contributed by atoms with Crippen molar-refractivity contribution in [3.63, 3.8) is 0 Å². The third-order valence-corrected chi connectivity index (χ3v) is 7.79. The quantitative estimate of drug-likeness (QED) is 0.489. The Balaban J connectivity index is 1.46. The lowest BCUT2D eigenvalue weighted by Gasteiger charge is -2.41. The second-order valence-corrected chi connectivity index (χ2v) is 9.96. The van der Waals surface area contributed by atoms with Crippen LogP contribution in [0.25, 0.3) is 0 Å². The van der Waals surface area contributed by atoms with Gasteiger partial charge in [0.15, 0.2) is 0 Å². The maximum absolute atomic E-state index is 12.9. The molecule has 1 saturated heterocycles. The van der Waals surface area contributed by atoms with Crippen LogP contribution in [-0.2, 0) is 21.4 Å². The predicted molar refractivity (Wildman–Crippen MR) is 111 cm³/mol. The summed E-state index contributed by atoms with van der Waals surface area (Å²) in [6, 6.07) is 11.4. The summed E-state index contributed by atoms with van der Waals surface area (Å²) in [6.45, 7) is 1.85. The van der Waals surface area contributed by atoms with E-state index in [2.05, 4.69) is 33.0 Å². The molecule has 2 aromatic carbocycles. The van der Waals surface area contributed by atoms with Crippen LogP contribution in [0, 0.1) is 10.1 Å². The molecule has 0 atom stereocenters. The van der Waals surface area contributed by atoms with Gasteiger partial charge in [0.25, 0.3) is 5.69 Å². The molecular weight excluding hydrogens is 462 g/mol. The number of sulfonamides is 1. The third kappa shape index (κ3) is 4.02. The standard InChI is InChI=1S/C19H20BrN3O5S/c20-15-1-6-19-14(11-15)12-28-13-22(19)16-7-9-21(10-8-16)29(26,27)18-4-2-17(3-5-18)23(24)25/h1-6,11,16H,7-10,12-13H2. The molecule has 2 aliphatic rings. The van der Waals surface area contributed by atoms with E-state index in [4.69, 9.17) is 4.74 Å². The molecule has 8 nitrogen and oxygen atoms in total. The van der Waals surface area contributed by atoms with Crippen LogP contribution in [0.3, 0.4) is 0 Å². The number of rotatable bonds is 4. The van der Waals surface area contributed by atoms with Crippen molar-refractivity contribution in [1.82, 2.24) is 4.31 Å². The molecule has 2 aliphatic heterocycles. The second kappa shape index (κ2) is 8.02. The summed E-state index contributed by atoms with van der Waals surface area (Å²) < 4.78 is 34.0. The number of non-ortho nitro benzene ring substituents is 1. The van der Waals surface area contributed by atoms with Crippen molar-refractivity contribution >= 4 is 37.3 Å². The van der Waals surface area contributed by atoms with Gasteiger partial charge in [-0.3, -0.25) is 10.1 Å². The molecule has 0 amide bonds. The average Bonchev–Trinajstić information content (AvgIpc) is 2.73. The Hall–Kier alpha value is -2.01. The normalized spacial score (nSPS) is 18.4. The zero-order valence-corrected chi connectivity index (χ0v) is 17.9. The molecule has 0 unspecified atom stereocenters. The SMILES string of the molecule is O=[N+]([O-])c1ccc(S(=O)(=O)N2CCC(N3COCc4cc(Br)ccc43)CC2)cc1. The number of piperidine rings is 1. The van der Waals surface area contributed by atoms with Crippen molar-refractivity contribution in [3.8, 4) is 0 Å². The van der Waals surface area contributed by atoms with Crippen LogP contribution in [0.5, 0.6) is 0 Å². The van der Waals surface area contributed by atoms with Crippen LogP contribution in [-0.4, -0.2) is 43.5 Å². The number of nitro benzene ring substituents is 1. The number of ether oxygens (including phenoxy) is 1. The van der Waals surface area contributed by atoms with Crippen LogP contribution < -0.4 is 4.90 Å². The van der Waals surface area contributed by atoms with E-state index >= 15 is 0 Å². The molecule has 0 N–H and O–H groups in total. The van der Waals surface area contributed by atoms with Gasteiger partial charge in [-0.15, -0.1) is 0 Å². The monoisotopic (exact) mass is 481 g/mol. The van der Waals surface area contributed by atoms with Crippen LogP contribution in [0.1, 0.15) is 18.4 Å². The molecule has 1 fully saturated rings.